The van der Waals surface area contributed by atoms with E-state index in [-0.39, 0.29) is 24.2 Å². The third-order valence-corrected chi connectivity index (χ3v) is 4.71. The largest absolute Gasteiger partial charge is 0.348 e. The molecule has 3 aromatic rings. The lowest BCUT2D eigenvalue weighted by Gasteiger charge is -2.15. The fraction of sp³-hybridized carbons (Fsp3) is 0.238. The second-order valence-corrected chi connectivity index (χ2v) is 6.71. The molecular formula is C21H22N4O3. The minimum absolute atomic E-state index is 0.0441. The molecule has 1 atom stereocenters. The molecular weight excluding hydrogens is 356 g/mol. The molecule has 1 heterocycles. The summed E-state index contributed by atoms with van der Waals surface area (Å²) in [4.78, 5) is 23.0. The Bertz CT molecular complexity index is 994. The lowest BCUT2D eigenvalue weighted by atomic mass is 10.0. The minimum atomic E-state index is -0.469. The van der Waals surface area contributed by atoms with E-state index in [9.17, 15) is 14.9 Å². The highest BCUT2D eigenvalue weighted by atomic mass is 16.6. The van der Waals surface area contributed by atoms with Gasteiger partial charge in [-0.1, -0.05) is 54.6 Å². The molecule has 0 bridgehead atoms. The fourth-order valence-electron chi connectivity index (χ4n) is 3.21. The maximum atomic E-state index is 12.4. The molecule has 1 N–H and O–H groups in total. The molecule has 0 unspecified atom stereocenters. The zero-order chi connectivity index (χ0) is 20.3. The van der Waals surface area contributed by atoms with Crippen molar-refractivity contribution in [1.82, 2.24) is 15.1 Å². The number of aryl methyl sites for hydroxylation is 1. The van der Waals surface area contributed by atoms with Crippen molar-refractivity contribution in [3.8, 4) is 11.1 Å². The van der Waals surface area contributed by atoms with Crippen LogP contribution in [-0.4, -0.2) is 20.6 Å². The van der Waals surface area contributed by atoms with Crippen LogP contribution < -0.4 is 5.32 Å². The van der Waals surface area contributed by atoms with Crippen LogP contribution in [0.25, 0.3) is 11.1 Å². The maximum absolute atomic E-state index is 12.4. The van der Waals surface area contributed by atoms with E-state index in [1.807, 2.05) is 61.5 Å². The number of rotatable bonds is 6. The molecule has 7 nitrogen and oxygen atoms in total. The van der Waals surface area contributed by atoms with Gasteiger partial charge < -0.3 is 5.32 Å². The lowest BCUT2D eigenvalue weighted by Crippen LogP contribution is -2.30. The van der Waals surface area contributed by atoms with Gasteiger partial charge in [0.25, 0.3) is 0 Å². The summed E-state index contributed by atoms with van der Waals surface area (Å²) < 4.78 is 1.37. The summed E-state index contributed by atoms with van der Waals surface area (Å²) >= 11 is 0. The maximum Gasteiger partial charge on any atom is 0.312 e. The van der Waals surface area contributed by atoms with Crippen molar-refractivity contribution >= 4 is 11.6 Å². The molecule has 0 aliphatic heterocycles. The van der Waals surface area contributed by atoms with Gasteiger partial charge in [-0.05, 0) is 37.5 Å². The summed E-state index contributed by atoms with van der Waals surface area (Å²) in [5.74, 6) is -0.250. The summed E-state index contributed by atoms with van der Waals surface area (Å²) in [5, 5.41) is 18.1. The number of nitrogens with one attached hydrogen (secondary N) is 1. The van der Waals surface area contributed by atoms with Crippen LogP contribution in [0.1, 0.15) is 29.9 Å². The van der Waals surface area contributed by atoms with Gasteiger partial charge in [-0.15, -0.1) is 0 Å². The zero-order valence-corrected chi connectivity index (χ0v) is 16.0. The van der Waals surface area contributed by atoms with Crippen molar-refractivity contribution < 1.29 is 9.72 Å². The normalized spacial score (nSPS) is 11.8. The average Bonchev–Trinajstić information content (AvgIpc) is 2.95. The van der Waals surface area contributed by atoms with E-state index in [2.05, 4.69) is 10.4 Å². The average molecular weight is 378 g/mol. The molecule has 1 aromatic heterocycles. The summed E-state index contributed by atoms with van der Waals surface area (Å²) in [7, 11) is 0. The molecule has 0 aliphatic carbocycles. The van der Waals surface area contributed by atoms with E-state index in [0.29, 0.717) is 11.4 Å². The highest BCUT2D eigenvalue weighted by Gasteiger charge is 2.23. The number of carbonyl (C=O) groups excluding carboxylic acids is 1. The minimum Gasteiger partial charge on any atom is -0.348 e. The first kappa shape index (κ1) is 19.3. The Kier molecular flexibility index (Phi) is 5.54. The molecule has 0 radical (unpaired) electrons. The van der Waals surface area contributed by atoms with Crippen LogP contribution in [0.2, 0.25) is 0 Å². The van der Waals surface area contributed by atoms with E-state index in [0.717, 1.165) is 16.7 Å². The van der Waals surface area contributed by atoms with E-state index in [1.165, 1.54) is 4.68 Å². The van der Waals surface area contributed by atoms with Gasteiger partial charge >= 0.3 is 5.69 Å². The van der Waals surface area contributed by atoms with Gasteiger partial charge in [-0.25, -0.2) is 0 Å². The second-order valence-electron chi connectivity index (χ2n) is 6.71. The number of hydrogen-bond acceptors (Lipinski definition) is 4. The summed E-state index contributed by atoms with van der Waals surface area (Å²) in [5.41, 5.74) is 3.86. The Balaban J connectivity index is 1.66. The number of carbonyl (C=O) groups is 1. The van der Waals surface area contributed by atoms with E-state index in [4.69, 9.17) is 0 Å². The highest BCUT2D eigenvalue weighted by molar-refractivity contribution is 5.76. The van der Waals surface area contributed by atoms with Crippen LogP contribution in [0.3, 0.4) is 0 Å². The highest BCUT2D eigenvalue weighted by Crippen LogP contribution is 2.23. The Hall–Kier alpha value is -3.48. The fourth-order valence-corrected chi connectivity index (χ4v) is 3.21. The van der Waals surface area contributed by atoms with Crippen LogP contribution in [0.15, 0.2) is 54.6 Å². The monoisotopic (exact) mass is 378 g/mol. The topological polar surface area (TPSA) is 90.1 Å². The van der Waals surface area contributed by atoms with E-state index < -0.39 is 4.92 Å². The van der Waals surface area contributed by atoms with E-state index >= 15 is 0 Å². The molecule has 7 heteroatoms. The quantitative estimate of drug-likeness (QED) is 0.519. The molecule has 0 spiro atoms. The molecule has 0 saturated carbocycles. The predicted octanol–water partition coefficient (Wildman–Crippen LogP) is 3.95. The first-order valence-corrected chi connectivity index (χ1v) is 9.00. The van der Waals surface area contributed by atoms with Gasteiger partial charge in [0.1, 0.15) is 17.9 Å². The number of nitro groups is 1. The Labute approximate surface area is 163 Å². The molecule has 144 valence electrons. The summed E-state index contributed by atoms with van der Waals surface area (Å²) in [6, 6.07) is 17.9. The summed E-state index contributed by atoms with van der Waals surface area (Å²) in [6.45, 7) is 5.00. The Morgan fingerprint density at radius 3 is 2.29 bits per heavy atom. The Morgan fingerprint density at radius 2 is 1.71 bits per heavy atom. The number of benzene rings is 2. The molecule has 1 amide bonds. The van der Waals surface area contributed by atoms with Crippen molar-refractivity contribution in [3.05, 3.63) is 81.7 Å². The standard InChI is InChI=1S/C21H22N4O3/c1-14(17-9-11-19(12-10-17)18-7-5-4-6-8-18)22-20(26)13-24-16(3)21(25(27)28)15(2)23-24/h4-12,14H,13H2,1-3H3,(H,22,26)/t14-/m1/s1. The third-order valence-electron chi connectivity index (χ3n) is 4.71. The van der Waals surface area contributed by atoms with E-state index in [1.54, 1.807) is 13.8 Å². The molecule has 3 rings (SSSR count). The molecule has 0 fully saturated rings. The Morgan fingerprint density at radius 1 is 1.11 bits per heavy atom. The van der Waals surface area contributed by atoms with Crippen LogP contribution in [0, 0.1) is 24.0 Å². The first-order valence-electron chi connectivity index (χ1n) is 9.00. The van der Waals surface area contributed by atoms with Crippen molar-refractivity contribution in [2.24, 2.45) is 0 Å². The van der Waals surface area contributed by atoms with Gasteiger partial charge in [0.15, 0.2) is 0 Å². The molecule has 0 aliphatic rings. The van der Waals surface area contributed by atoms with Crippen molar-refractivity contribution in [1.29, 1.82) is 0 Å². The van der Waals surface area contributed by atoms with Crippen LogP contribution >= 0.6 is 0 Å². The van der Waals surface area contributed by atoms with Crippen LogP contribution in [-0.2, 0) is 11.3 Å². The number of nitrogens with zero attached hydrogens (tertiary/aromatic N) is 3. The molecule has 2 aromatic carbocycles. The predicted molar refractivity (Wildman–Crippen MR) is 107 cm³/mol. The van der Waals surface area contributed by atoms with Crippen LogP contribution in [0.4, 0.5) is 5.69 Å². The smallest absolute Gasteiger partial charge is 0.312 e. The first-order chi connectivity index (χ1) is 13.4. The van der Waals surface area contributed by atoms with Gasteiger partial charge in [0.05, 0.1) is 11.0 Å². The van der Waals surface area contributed by atoms with Crippen molar-refractivity contribution in [2.75, 3.05) is 0 Å². The lowest BCUT2D eigenvalue weighted by molar-refractivity contribution is -0.386. The number of hydrogen-bond donors (Lipinski definition) is 1. The van der Waals surface area contributed by atoms with Gasteiger partial charge in [0.2, 0.25) is 5.91 Å². The molecule has 28 heavy (non-hydrogen) atoms. The second kappa shape index (κ2) is 8.04. The third kappa shape index (κ3) is 4.09. The van der Waals surface area contributed by atoms with Gasteiger partial charge in [0, 0.05) is 0 Å². The SMILES string of the molecule is Cc1nn(CC(=O)N[C@H](C)c2ccc(-c3ccccc3)cc2)c(C)c1[N+](=O)[O-]. The van der Waals surface area contributed by atoms with Crippen LogP contribution in [0.5, 0.6) is 0 Å². The summed E-state index contributed by atoms with van der Waals surface area (Å²) in [6.07, 6.45) is 0. The van der Waals surface area contributed by atoms with Crippen molar-refractivity contribution in [2.45, 2.75) is 33.4 Å². The van der Waals surface area contributed by atoms with Crippen molar-refractivity contribution in [3.63, 3.8) is 0 Å². The van der Waals surface area contributed by atoms with Gasteiger partial charge in [-0.3, -0.25) is 19.6 Å². The zero-order valence-electron chi connectivity index (χ0n) is 16.0. The van der Waals surface area contributed by atoms with Gasteiger partial charge in [-0.2, -0.15) is 5.10 Å². The number of amides is 1. The molecule has 0 saturated heterocycles. The number of aromatic nitrogens is 2.